The molecule has 0 atom stereocenters. The van der Waals surface area contributed by atoms with Crippen LogP contribution in [0.4, 0.5) is 0 Å². The van der Waals surface area contributed by atoms with Crippen molar-refractivity contribution in [1.82, 2.24) is 4.57 Å². The second-order valence-corrected chi connectivity index (χ2v) is 6.71. The van der Waals surface area contributed by atoms with Gasteiger partial charge in [-0.15, -0.1) is 0 Å². The van der Waals surface area contributed by atoms with Gasteiger partial charge in [-0.1, -0.05) is 72.8 Å². The fourth-order valence-corrected chi connectivity index (χ4v) is 3.74. The van der Waals surface area contributed by atoms with Gasteiger partial charge in [-0.3, -0.25) is 4.79 Å². The van der Waals surface area contributed by atoms with E-state index in [-0.39, 0.29) is 0 Å². The summed E-state index contributed by atoms with van der Waals surface area (Å²) < 4.78 is 2.32. The van der Waals surface area contributed by atoms with Crippen molar-refractivity contribution in [2.24, 2.45) is 0 Å². The quantitative estimate of drug-likeness (QED) is 0.326. The monoisotopic (exact) mass is 375 g/mol. The first-order valence-corrected chi connectivity index (χ1v) is 9.71. The van der Waals surface area contributed by atoms with Crippen molar-refractivity contribution in [3.63, 3.8) is 0 Å². The highest BCUT2D eigenvalue weighted by Crippen LogP contribution is 2.36. The van der Waals surface area contributed by atoms with Gasteiger partial charge in [0.15, 0.2) is 0 Å². The van der Waals surface area contributed by atoms with Crippen LogP contribution in [0.3, 0.4) is 0 Å². The van der Waals surface area contributed by atoms with Crippen LogP contribution < -0.4 is 0 Å². The van der Waals surface area contributed by atoms with E-state index in [1.807, 2.05) is 72.8 Å². The number of carbonyl (C=O) groups excluding carboxylic acids is 1. The predicted molar refractivity (Wildman–Crippen MR) is 120 cm³/mol. The minimum atomic E-state index is 0.708. The third-order valence-electron chi connectivity index (χ3n) is 4.98. The summed E-state index contributed by atoms with van der Waals surface area (Å²) in [6.45, 7) is 3.04. The molecule has 5 rings (SSSR count). The Bertz CT molecular complexity index is 1210. The molecule has 0 saturated carbocycles. The molecular weight excluding hydrogens is 354 g/mol. The van der Waals surface area contributed by atoms with Gasteiger partial charge in [0, 0.05) is 34.0 Å². The summed E-state index contributed by atoms with van der Waals surface area (Å²) in [5, 5.41) is 2.33. The Balaban J connectivity index is 0.000000294. The number of aromatic nitrogens is 1. The van der Waals surface area contributed by atoms with Crippen LogP contribution in [0.15, 0.2) is 91.0 Å². The number of nitrogens with zero attached hydrogens (tertiary/aromatic N) is 1. The van der Waals surface area contributed by atoms with Crippen molar-refractivity contribution in [3.05, 3.63) is 109 Å². The second kappa shape index (κ2) is 8.57. The Hall–Kier alpha value is -3.65. The van der Waals surface area contributed by atoms with Gasteiger partial charge in [-0.25, -0.2) is 0 Å². The van der Waals surface area contributed by atoms with Crippen LogP contribution in [0.2, 0.25) is 0 Å². The van der Waals surface area contributed by atoms with E-state index < -0.39 is 0 Å². The zero-order valence-electron chi connectivity index (χ0n) is 16.3. The Morgan fingerprint density at radius 1 is 0.828 bits per heavy atom. The number of carbonyl (C=O) groups is 1. The SMILES string of the molecule is CCn1c2ccccc2c2cc(C=O)cc(-c3cc[c]cc3)c21.[c]1ccccc1. The summed E-state index contributed by atoms with van der Waals surface area (Å²) in [4.78, 5) is 11.4. The highest BCUT2D eigenvalue weighted by molar-refractivity contribution is 6.14. The maximum atomic E-state index is 11.4. The van der Waals surface area contributed by atoms with Gasteiger partial charge in [0.05, 0.1) is 5.52 Å². The Kier molecular flexibility index (Phi) is 5.53. The molecule has 0 aliphatic rings. The minimum absolute atomic E-state index is 0.708. The molecule has 29 heavy (non-hydrogen) atoms. The Morgan fingerprint density at radius 2 is 1.55 bits per heavy atom. The number of aryl methyl sites for hydroxylation is 1. The van der Waals surface area contributed by atoms with Crippen LogP contribution >= 0.6 is 0 Å². The van der Waals surface area contributed by atoms with Gasteiger partial charge in [0.1, 0.15) is 6.29 Å². The molecule has 2 heteroatoms. The smallest absolute Gasteiger partial charge is 0.150 e. The highest BCUT2D eigenvalue weighted by Gasteiger charge is 2.15. The van der Waals surface area contributed by atoms with E-state index in [4.69, 9.17) is 0 Å². The number of benzene rings is 4. The van der Waals surface area contributed by atoms with E-state index in [2.05, 4.69) is 41.8 Å². The molecule has 0 bridgehead atoms. The largest absolute Gasteiger partial charge is 0.340 e. The molecule has 0 N–H and O–H groups in total. The Morgan fingerprint density at radius 3 is 2.17 bits per heavy atom. The van der Waals surface area contributed by atoms with E-state index in [0.717, 1.165) is 29.3 Å². The molecule has 0 aliphatic carbocycles. The molecule has 0 saturated heterocycles. The maximum absolute atomic E-state index is 11.4. The number of hydrogen-bond donors (Lipinski definition) is 0. The van der Waals surface area contributed by atoms with Gasteiger partial charge in [0.2, 0.25) is 0 Å². The van der Waals surface area contributed by atoms with Crippen molar-refractivity contribution >= 4 is 28.1 Å². The lowest BCUT2D eigenvalue weighted by atomic mass is 9.99. The molecule has 0 spiro atoms. The number of fused-ring (bicyclic) bond motifs is 3. The summed E-state index contributed by atoms with van der Waals surface area (Å²) >= 11 is 0. The zero-order chi connectivity index (χ0) is 20.1. The fraction of sp³-hybridized carbons (Fsp3) is 0.0741. The summed E-state index contributed by atoms with van der Waals surface area (Å²) in [5.74, 6) is 0. The zero-order valence-corrected chi connectivity index (χ0v) is 16.3. The summed E-state index contributed by atoms with van der Waals surface area (Å²) in [7, 11) is 0. The third-order valence-corrected chi connectivity index (χ3v) is 4.98. The maximum Gasteiger partial charge on any atom is 0.150 e. The summed E-state index contributed by atoms with van der Waals surface area (Å²) in [6, 6.07) is 35.8. The lowest BCUT2D eigenvalue weighted by Gasteiger charge is -2.10. The van der Waals surface area contributed by atoms with Crippen LogP contribution in [0, 0.1) is 12.1 Å². The summed E-state index contributed by atoms with van der Waals surface area (Å²) in [5.41, 5.74) is 5.30. The first-order valence-electron chi connectivity index (χ1n) is 9.71. The average Bonchev–Trinajstić information content (AvgIpc) is 3.14. The molecule has 4 aromatic carbocycles. The molecule has 0 amide bonds. The second-order valence-electron chi connectivity index (χ2n) is 6.71. The number of hydrogen-bond acceptors (Lipinski definition) is 1. The number of rotatable bonds is 3. The normalized spacial score (nSPS) is 10.5. The van der Waals surface area contributed by atoms with E-state index >= 15 is 0 Å². The lowest BCUT2D eigenvalue weighted by Crippen LogP contribution is -1.96. The van der Waals surface area contributed by atoms with Crippen LogP contribution in [0.5, 0.6) is 0 Å². The van der Waals surface area contributed by atoms with Crippen LogP contribution in [0.25, 0.3) is 32.9 Å². The van der Waals surface area contributed by atoms with Crippen molar-refractivity contribution in [2.75, 3.05) is 0 Å². The Labute approximate surface area is 171 Å². The van der Waals surface area contributed by atoms with E-state index in [1.165, 1.54) is 16.4 Å². The number of para-hydroxylation sites is 1. The van der Waals surface area contributed by atoms with Crippen molar-refractivity contribution in [1.29, 1.82) is 0 Å². The molecule has 0 unspecified atom stereocenters. The van der Waals surface area contributed by atoms with Gasteiger partial charge in [-0.05, 0) is 42.8 Å². The minimum Gasteiger partial charge on any atom is -0.340 e. The van der Waals surface area contributed by atoms with Crippen molar-refractivity contribution < 1.29 is 4.79 Å². The van der Waals surface area contributed by atoms with Gasteiger partial charge < -0.3 is 4.57 Å². The predicted octanol–water partition coefficient (Wildman–Crippen LogP) is 6.58. The molecular formula is C27H21NO. The lowest BCUT2D eigenvalue weighted by molar-refractivity contribution is 0.112. The highest BCUT2D eigenvalue weighted by atomic mass is 16.1. The molecule has 140 valence electrons. The van der Waals surface area contributed by atoms with Crippen LogP contribution in [0.1, 0.15) is 17.3 Å². The first-order chi connectivity index (χ1) is 14.3. The van der Waals surface area contributed by atoms with Gasteiger partial charge >= 0.3 is 0 Å². The molecule has 2 nitrogen and oxygen atoms in total. The average molecular weight is 375 g/mol. The number of aldehydes is 1. The molecule has 0 aliphatic heterocycles. The topological polar surface area (TPSA) is 22.0 Å². The van der Waals surface area contributed by atoms with Crippen LogP contribution in [-0.4, -0.2) is 10.9 Å². The molecule has 2 radical (unpaired) electrons. The first kappa shape index (κ1) is 18.7. The van der Waals surface area contributed by atoms with Crippen molar-refractivity contribution in [2.45, 2.75) is 13.5 Å². The van der Waals surface area contributed by atoms with E-state index in [9.17, 15) is 4.79 Å². The third kappa shape index (κ3) is 3.70. The standard InChI is InChI=1S/C21H16NO.C6H5/c1-2-22-20-11-7-6-10-17(20)19-13-15(14-23)12-18(21(19)22)16-8-4-3-5-9-16;1-2-4-6-5-3-1/h4-14H,2H2,1H3;1-5H. The van der Waals surface area contributed by atoms with E-state index in [1.54, 1.807) is 0 Å². The van der Waals surface area contributed by atoms with Gasteiger partial charge in [-0.2, -0.15) is 0 Å². The molecule has 1 aromatic heterocycles. The van der Waals surface area contributed by atoms with E-state index in [0.29, 0.717) is 5.56 Å². The summed E-state index contributed by atoms with van der Waals surface area (Å²) in [6.07, 6.45) is 0.927. The van der Waals surface area contributed by atoms with Crippen LogP contribution in [-0.2, 0) is 6.54 Å². The molecule has 0 fully saturated rings. The van der Waals surface area contributed by atoms with Gasteiger partial charge in [0.25, 0.3) is 0 Å². The van der Waals surface area contributed by atoms with Crippen molar-refractivity contribution in [3.8, 4) is 11.1 Å². The fourth-order valence-electron chi connectivity index (χ4n) is 3.74. The molecule has 1 heterocycles. The molecule has 5 aromatic rings.